The molecule has 12 heavy (non-hydrogen) atoms. The highest BCUT2D eigenvalue weighted by atomic mass is 16.4. The second kappa shape index (κ2) is 3.90. The zero-order valence-electron chi connectivity index (χ0n) is 7.36. The molecule has 3 nitrogen and oxygen atoms in total. The smallest absolute Gasteiger partial charge is 0.306 e. The fraction of sp³-hybridized carbons (Fsp3) is 0.889. The van der Waals surface area contributed by atoms with Crippen LogP contribution in [0.25, 0.3) is 0 Å². The summed E-state index contributed by atoms with van der Waals surface area (Å²) in [5, 5.41) is 17.8. The van der Waals surface area contributed by atoms with Crippen molar-refractivity contribution in [1.29, 1.82) is 0 Å². The molecule has 1 saturated carbocycles. The summed E-state index contributed by atoms with van der Waals surface area (Å²) < 4.78 is 0. The van der Waals surface area contributed by atoms with Crippen LogP contribution in [-0.4, -0.2) is 22.8 Å². The van der Waals surface area contributed by atoms with Gasteiger partial charge < -0.3 is 10.2 Å². The topological polar surface area (TPSA) is 57.5 Å². The number of aliphatic hydroxyl groups excluding tert-OH is 1. The van der Waals surface area contributed by atoms with Gasteiger partial charge in [0.05, 0.1) is 5.92 Å². The van der Waals surface area contributed by atoms with Gasteiger partial charge >= 0.3 is 5.97 Å². The minimum Gasteiger partial charge on any atom is -0.481 e. The second-order valence-electron chi connectivity index (χ2n) is 3.81. The molecule has 3 unspecified atom stereocenters. The lowest BCUT2D eigenvalue weighted by molar-refractivity contribution is -0.146. The molecule has 3 atom stereocenters. The summed E-state index contributed by atoms with van der Waals surface area (Å²) in [6.45, 7) is 2.09. The SMILES string of the molecule is CC1CCC(CO)C(C(=O)O)C1. The molecule has 3 heteroatoms. The first-order valence-electron chi connectivity index (χ1n) is 4.48. The lowest BCUT2D eigenvalue weighted by atomic mass is 9.75. The van der Waals surface area contributed by atoms with E-state index in [1.807, 2.05) is 0 Å². The summed E-state index contributed by atoms with van der Waals surface area (Å²) >= 11 is 0. The fourth-order valence-electron chi connectivity index (χ4n) is 1.96. The van der Waals surface area contributed by atoms with Gasteiger partial charge in [0.15, 0.2) is 0 Å². The Kier molecular flexibility index (Phi) is 3.09. The number of carboxylic acids is 1. The number of rotatable bonds is 2. The minimum absolute atomic E-state index is 0.0151. The van der Waals surface area contributed by atoms with E-state index in [2.05, 4.69) is 6.92 Å². The van der Waals surface area contributed by atoms with Gasteiger partial charge in [-0.3, -0.25) is 4.79 Å². The van der Waals surface area contributed by atoms with Crippen molar-refractivity contribution in [3.05, 3.63) is 0 Å². The summed E-state index contributed by atoms with van der Waals surface area (Å²) in [5.41, 5.74) is 0. The van der Waals surface area contributed by atoms with E-state index >= 15 is 0 Å². The molecular weight excluding hydrogens is 156 g/mol. The van der Waals surface area contributed by atoms with Gasteiger partial charge in [0, 0.05) is 6.61 Å². The molecule has 0 aliphatic heterocycles. The molecule has 0 heterocycles. The highest BCUT2D eigenvalue weighted by Gasteiger charge is 2.32. The molecular formula is C9H16O3. The Labute approximate surface area is 72.4 Å². The van der Waals surface area contributed by atoms with Gasteiger partial charge in [0.1, 0.15) is 0 Å². The first-order valence-corrected chi connectivity index (χ1v) is 4.48. The van der Waals surface area contributed by atoms with Crippen LogP contribution in [0.3, 0.4) is 0 Å². The Morgan fingerprint density at radius 3 is 2.67 bits per heavy atom. The van der Waals surface area contributed by atoms with Crippen molar-refractivity contribution in [2.24, 2.45) is 17.8 Å². The van der Waals surface area contributed by atoms with E-state index in [9.17, 15) is 4.79 Å². The highest BCUT2D eigenvalue weighted by molar-refractivity contribution is 5.70. The first-order chi connectivity index (χ1) is 5.65. The van der Waals surface area contributed by atoms with Gasteiger partial charge in [-0.1, -0.05) is 13.3 Å². The Morgan fingerprint density at radius 2 is 2.17 bits per heavy atom. The van der Waals surface area contributed by atoms with Crippen molar-refractivity contribution < 1.29 is 15.0 Å². The van der Waals surface area contributed by atoms with Crippen molar-refractivity contribution in [2.75, 3.05) is 6.61 Å². The van der Waals surface area contributed by atoms with Crippen molar-refractivity contribution in [3.8, 4) is 0 Å². The molecule has 0 aromatic heterocycles. The maximum atomic E-state index is 10.8. The molecule has 0 aromatic rings. The average molecular weight is 172 g/mol. The van der Waals surface area contributed by atoms with E-state index in [1.54, 1.807) is 0 Å². The van der Waals surface area contributed by atoms with Crippen molar-refractivity contribution in [1.82, 2.24) is 0 Å². The van der Waals surface area contributed by atoms with Gasteiger partial charge in [-0.05, 0) is 24.7 Å². The van der Waals surface area contributed by atoms with Gasteiger partial charge in [0.25, 0.3) is 0 Å². The lowest BCUT2D eigenvalue weighted by Gasteiger charge is -2.30. The molecule has 0 bridgehead atoms. The zero-order chi connectivity index (χ0) is 9.14. The minimum atomic E-state index is -0.749. The molecule has 0 spiro atoms. The number of carbonyl (C=O) groups is 1. The maximum Gasteiger partial charge on any atom is 0.306 e. The Morgan fingerprint density at radius 1 is 1.50 bits per heavy atom. The maximum absolute atomic E-state index is 10.8. The van der Waals surface area contributed by atoms with Crippen LogP contribution in [0, 0.1) is 17.8 Å². The fourth-order valence-corrected chi connectivity index (χ4v) is 1.96. The molecule has 2 N–H and O–H groups in total. The Bertz CT molecular complexity index is 167. The number of hydrogen-bond acceptors (Lipinski definition) is 2. The Hall–Kier alpha value is -0.570. The monoisotopic (exact) mass is 172 g/mol. The van der Waals surface area contributed by atoms with Crippen molar-refractivity contribution >= 4 is 5.97 Å². The predicted molar refractivity (Wildman–Crippen MR) is 44.7 cm³/mol. The highest BCUT2D eigenvalue weighted by Crippen LogP contribution is 2.33. The van der Waals surface area contributed by atoms with Gasteiger partial charge in [-0.2, -0.15) is 0 Å². The molecule has 0 radical (unpaired) electrons. The van der Waals surface area contributed by atoms with Crippen LogP contribution in [0.2, 0.25) is 0 Å². The standard InChI is InChI=1S/C9H16O3/c1-6-2-3-7(5-10)8(4-6)9(11)12/h6-8,10H,2-5H2,1H3,(H,11,12). The summed E-state index contributed by atoms with van der Waals surface area (Å²) in [7, 11) is 0. The second-order valence-corrected chi connectivity index (χ2v) is 3.81. The predicted octanol–water partition coefficient (Wildman–Crippen LogP) is 1.12. The van der Waals surface area contributed by atoms with E-state index in [4.69, 9.17) is 10.2 Å². The third-order valence-electron chi connectivity index (χ3n) is 2.81. The molecule has 0 amide bonds. The summed E-state index contributed by atoms with van der Waals surface area (Å²) in [4.78, 5) is 10.8. The normalized spacial score (nSPS) is 36.3. The molecule has 0 aromatic carbocycles. The summed E-state index contributed by atoms with van der Waals surface area (Å²) in [5.74, 6) is -0.591. The molecule has 70 valence electrons. The number of aliphatic hydroxyl groups is 1. The van der Waals surface area contributed by atoms with E-state index in [0.29, 0.717) is 5.92 Å². The largest absolute Gasteiger partial charge is 0.481 e. The molecule has 1 aliphatic rings. The van der Waals surface area contributed by atoms with E-state index in [0.717, 1.165) is 19.3 Å². The Balaban J connectivity index is 2.58. The van der Waals surface area contributed by atoms with Crippen LogP contribution in [-0.2, 0) is 4.79 Å². The van der Waals surface area contributed by atoms with Crippen LogP contribution in [0.15, 0.2) is 0 Å². The molecule has 0 saturated heterocycles. The van der Waals surface area contributed by atoms with Gasteiger partial charge in [-0.25, -0.2) is 0 Å². The molecule has 1 fully saturated rings. The van der Waals surface area contributed by atoms with Gasteiger partial charge in [0.2, 0.25) is 0 Å². The van der Waals surface area contributed by atoms with Crippen LogP contribution < -0.4 is 0 Å². The third-order valence-corrected chi connectivity index (χ3v) is 2.81. The lowest BCUT2D eigenvalue weighted by Crippen LogP contribution is -2.32. The molecule has 1 aliphatic carbocycles. The number of carboxylic acid groups (broad SMARTS) is 1. The quantitative estimate of drug-likeness (QED) is 0.656. The average Bonchev–Trinajstić information content (AvgIpc) is 2.04. The van der Waals surface area contributed by atoms with Crippen molar-refractivity contribution in [2.45, 2.75) is 26.2 Å². The number of aliphatic carboxylic acids is 1. The summed E-state index contributed by atoms with van der Waals surface area (Å²) in [6.07, 6.45) is 2.63. The van der Waals surface area contributed by atoms with Gasteiger partial charge in [-0.15, -0.1) is 0 Å². The van der Waals surface area contributed by atoms with Crippen LogP contribution in [0.4, 0.5) is 0 Å². The zero-order valence-corrected chi connectivity index (χ0v) is 7.36. The summed E-state index contributed by atoms with van der Waals surface area (Å²) in [6, 6.07) is 0. The third kappa shape index (κ3) is 1.97. The van der Waals surface area contributed by atoms with Crippen LogP contribution in [0.1, 0.15) is 26.2 Å². The number of hydrogen-bond donors (Lipinski definition) is 2. The van der Waals surface area contributed by atoms with Crippen molar-refractivity contribution in [3.63, 3.8) is 0 Å². The molecule has 1 rings (SSSR count). The van der Waals surface area contributed by atoms with E-state index in [1.165, 1.54) is 0 Å². The van der Waals surface area contributed by atoms with Crippen LogP contribution >= 0.6 is 0 Å². The van der Waals surface area contributed by atoms with Crippen LogP contribution in [0.5, 0.6) is 0 Å². The van der Waals surface area contributed by atoms with E-state index < -0.39 is 5.97 Å². The first kappa shape index (κ1) is 9.52. The van der Waals surface area contributed by atoms with E-state index in [-0.39, 0.29) is 18.4 Å².